The van der Waals surface area contributed by atoms with E-state index in [-0.39, 0.29) is 16.6 Å². The number of amides is 1. The number of carbonyl (C=O) groups is 1. The summed E-state index contributed by atoms with van der Waals surface area (Å²) in [6, 6.07) is 16.3. The van der Waals surface area contributed by atoms with Gasteiger partial charge in [-0.05, 0) is 29.8 Å². The van der Waals surface area contributed by atoms with Gasteiger partial charge in [0.1, 0.15) is 16.2 Å². The first-order valence-corrected chi connectivity index (χ1v) is 14.2. The molecular weight excluding hydrogens is 504 g/mol. The van der Waals surface area contributed by atoms with Crippen molar-refractivity contribution in [1.82, 2.24) is 14.3 Å². The largest absolute Gasteiger partial charge is 0.379 e. The van der Waals surface area contributed by atoms with Gasteiger partial charge < -0.3 is 10.1 Å². The van der Waals surface area contributed by atoms with Crippen LogP contribution in [0.25, 0.3) is 21.3 Å². The molecule has 2 aromatic heterocycles. The zero-order valence-electron chi connectivity index (χ0n) is 18.6. The molecular formula is C24H22N4O4S3. The van der Waals surface area contributed by atoms with Gasteiger partial charge in [0, 0.05) is 29.7 Å². The van der Waals surface area contributed by atoms with E-state index in [1.54, 1.807) is 23.5 Å². The standard InChI is InChI=1S/C24H22N4O4S3/c29-21(27-18-6-8-19(9-7-18)35(30,31)28-10-12-32-13-11-28)15-34-24-22-20(17-4-2-1-3-5-17)14-33-23(22)25-16-26-24/h1-9,14,16H,10-13,15H2,(H,27,29). The van der Waals surface area contributed by atoms with Crippen LogP contribution in [0.4, 0.5) is 5.69 Å². The minimum Gasteiger partial charge on any atom is -0.379 e. The Labute approximate surface area is 211 Å². The summed E-state index contributed by atoms with van der Waals surface area (Å²) in [7, 11) is -3.57. The van der Waals surface area contributed by atoms with Crippen molar-refractivity contribution >= 4 is 54.9 Å². The molecule has 4 aromatic rings. The lowest BCUT2D eigenvalue weighted by molar-refractivity contribution is -0.113. The van der Waals surface area contributed by atoms with Gasteiger partial charge in [-0.2, -0.15) is 4.31 Å². The van der Waals surface area contributed by atoms with E-state index in [2.05, 4.69) is 20.7 Å². The number of hydrogen-bond donors (Lipinski definition) is 1. The Morgan fingerprint density at radius 2 is 1.80 bits per heavy atom. The molecule has 0 bridgehead atoms. The van der Waals surface area contributed by atoms with Gasteiger partial charge in [-0.3, -0.25) is 4.79 Å². The minimum absolute atomic E-state index is 0.157. The highest BCUT2D eigenvalue weighted by molar-refractivity contribution is 8.00. The number of hydrogen-bond acceptors (Lipinski definition) is 8. The summed E-state index contributed by atoms with van der Waals surface area (Å²) in [4.78, 5) is 22.5. The molecule has 0 spiro atoms. The predicted molar refractivity (Wildman–Crippen MR) is 138 cm³/mol. The molecule has 1 amide bonds. The van der Waals surface area contributed by atoms with Crippen LogP contribution >= 0.6 is 23.1 Å². The van der Waals surface area contributed by atoms with Gasteiger partial charge in [0.2, 0.25) is 15.9 Å². The number of aromatic nitrogens is 2. The molecule has 1 N–H and O–H groups in total. The van der Waals surface area contributed by atoms with Crippen LogP contribution in [0.1, 0.15) is 0 Å². The third kappa shape index (κ3) is 5.24. The van der Waals surface area contributed by atoms with Gasteiger partial charge in [0.05, 0.1) is 29.2 Å². The molecule has 1 aliphatic rings. The molecule has 3 heterocycles. The van der Waals surface area contributed by atoms with Crippen LogP contribution in [0.3, 0.4) is 0 Å². The van der Waals surface area contributed by atoms with E-state index in [4.69, 9.17) is 4.74 Å². The highest BCUT2D eigenvalue weighted by atomic mass is 32.2. The highest BCUT2D eigenvalue weighted by Gasteiger charge is 2.26. The Kier molecular flexibility index (Phi) is 7.12. The number of sulfonamides is 1. The monoisotopic (exact) mass is 526 g/mol. The third-order valence-electron chi connectivity index (χ3n) is 5.51. The number of fused-ring (bicyclic) bond motifs is 1. The van der Waals surface area contributed by atoms with Gasteiger partial charge in [-0.25, -0.2) is 18.4 Å². The average Bonchev–Trinajstić information content (AvgIpc) is 3.34. The van der Waals surface area contributed by atoms with Crippen molar-refractivity contribution in [2.45, 2.75) is 9.92 Å². The molecule has 11 heteroatoms. The van der Waals surface area contributed by atoms with E-state index < -0.39 is 10.0 Å². The lowest BCUT2D eigenvalue weighted by Gasteiger charge is -2.26. The fourth-order valence-electron chi connectivity index (χ4n) is 3.76. The second-order valence-electron chi connectivity index (χ2n) is 7.75. The Balaban J connectivity index is 1.26. The number of carbonyl (C=O) groups excluding carboxylic acids is 1. The van der Waals surface area contributed by atoms with Crippen molar-refractivity contribution < 1.29 is 17.9 Å². The Hall–Kier alpha value is -2.83. The molecule has 180 valence electrons. The Morgan fingerprint density at radius 3 is 2.54 bits per heavy atom. The van der Waals surface area contributed by atoms with Crippen LogP contribution in [0.5, 0.6) is 0 Å². The van der Waals surface area contributed by atoms with Crippen molar-refractivity contribution in [3.63, 3.8) is 0 Å². The Morgan fingerprint density at radius 1 is 1.06 bits per heavy atom. The van der Waals surface area contributed by atoms with Gasteiger partial charge in [-0.1, -0.05) is 42.1 Å². The van der Waals surface area contributed by atoms with Crippen LogP contribution < -0.4 is 5.32 Å². The lowest BCUT2D eigenvalue weighted by Crippen LogP contribution is -2.40. The van der Waals surface area contributed by atoms with Crippen molar-refractivity contribution in [2.75, 3.05) is 37.4 Å². The number of nitrogens with one attached hydrogen (secondary N) is 1. The maximum Gasteiger partial charge on any atom is 0.243 e. The SMILES string of the molecule is O=C(CSc1ncnc2scc(-c3ccccc3)c12)Nc1ccc(S(=O)(=O)N2CCOCC2)cc1. The van der Waals surface area contributed by atoms with Crippen molar-refractivity contribution in [2.24, 2.45) is 0 Å². The molecule has 2 aromatic carbocycles. The second-order valence-corrected chi connectivity index (χ2v) is 11.5. The number of anilines is 1. The van der Waals surface area contributed by atoms with Crippen molar-refractivity contribution in [1.29, 1.82) is 0 Å². The minimum atomic E-state index is -3.57. The summed E-state index contributed by atoms with van der Waals surface area (Å²) < 4.78 is 32.2. The summed E-state index contributed by atoms with van der Waals surface area (Å²) in [6.45, 7) is 1.46. The van der Waals surface area contributed by atoms with Gasteiger partial charge in [0.15, 0.2) is 0 Å². The molecule has 35 heavy (non-hydrogen) atoms. The van der Waals surface area contributed by atoms with Gasteiger partial charge in [0.25, 0.3) is 0 Å². The van der Waals surface area contributed by atoms with Gasteiger partial charge >= 0.3 is 0 Å². The van der Waals surface area contributed by atoms with Crippen LogP contribution in [-0.2, 0) is 19.6 Å². The highest BCUT2D eigenvalue weighted by Crippen LogP contribution is 2.37. The number of thioether (sulfide) groups is 1. The fourth-order valence-corrected chi connectivity index (χ4v) is 6.97. The molecule has 0 saturated carbocycles. The lowest BCUT2D eigenvalue weighted by atomic mass is 10.1. The summed E-state index contributed by atoms with van der Waals surface area (Å²) in [5.74, 6) is -0.0497. The maximum absolute atomic E-state index is 12.8. The number of ether oxygens (including phenoxy) is 1. The van der Waals surface area contributed by atoms with E-state index in [0.717, 1.165) is 26.4 Å². The normalized spacial score (nSPS) is 14.7. The smallest absolute Gasteiger partial charge is 0.243 e. The van der Waals surface area contributed by atoms with E-state index in [1.165, 1.54) is 34.5 Å². The van der Waals surface area contributed by atoms with Crippen LogP contribution in [-0.4, -0.2) is 60.7 Å². The number of nitrogens with zero attached hydrogens (tertiary/aromatic N) is 3. The molecule has 0 atom stereocenters. The number of morpholine rings is 1. The maximum atomic E-state index is 12.8. The topological polar surface area (TPSA) is 101 Å². The molecule has 0 unspecified atom stereocenters. The molecule has 1 fully saturated rings. The average molecular weight is 527 g/mol. The van der Waals surface area contributed by atoms with E-state index in [0.29, 0.717) is 32.0 Å². The summed E-state index contributed by atoms with van der Waals surface area (Å²) in [6.07, 6.45) is 1.52. The number of rotatable bonds is 7. The predicted octanol–water partition coefficient (Wildman–Crippen LogP) is 4.11. The van der Waals surface area contributed by atoms with E-state index in [1.807, 2.05) is 30.3 Å². The first-order valence-electron chi connectivity index (χ1n) is 10.9. The van der Waals surface area contributed by atoms with E-state index >= 15 is 0 Å². The molecule has 1 aliphatic heterocycles. The van der Waals surface area contributed by atoms with Crippen molar-refractivity contribution in [3.05, 3.63) is 66.3 Å². The first-order chi connectivity index (χ1) is 17.0. The molecule has 0 radical (unpaired) electrons. The zero-order valence-corrected chi connectivity index (χ0v) is 21.0. The van der Waals surface area contributed by atoms with E-state index in [9.17, 15) is 13.2 Å². The summed E-state index contributed by atoms with van der Waals surface area (Å²) >= 11 is 2.89. The summed E-state index contributed by atoms with van der Waals surface area (Å²) in [5.41, 5.74) is 2.66. The number of thiophene rings is 1. The van der Waals surface area contributed by atoms with Crippen LogP contribution in [0.2, 0.25) is 0 Å². The molecule has 0 aliphatic carbocycles. The molecule has 5 rings (SSSR count). The van der Waals surface area contributed by atoms with Crippen LogP contribution in [0, 0.1) is 0 Å². The number of benzene rings is 2. The molecule has 8 nitrogen and oxygen atoms in total. The first kappa shape index (κ1) is 23.9. The van der Waals surface area contributed by atoms with Crippen molar-refractivity contribution in [3.8, 4) is 11.1 Å². The van der Waals surface area contributed by atoms with Gasteiger partial charge in [-0.15, -0.1) is 11.3 Å². The second kappa shape index (κ2) is 10.4. The zero-order chi connectivity index (χ0) is 24.3. The molecule has 1 saturated heterocycles. The van der Waals surface area contributed by atoms with Crippen LogP contribution in [0.15, 0.2) is 76.2 Å². The third-order valence-corrected chi connectivity index (χ3v) is 9.29. The fraction of sp³-hybridized carbons (Fsp3) is 0.208. The Bertz CT molecular complexity index is 1430. The quantitative estimate of drug-likeness (QED) is 0.286. The summed E-state index contributed by atoms with van der Waals surface area (Å²) in [5, 5.41) is 6.58.